The summed E-state index contributed by atoms with van der Waals surface area (Å²) in [6.45, 7) is 3.38. The van der Waals surface area contributed by atoms with Crippen molar-refractivity contribution in [2.24, 2.45) is 0 Å². The first-order valence-electron chi connectivity index (χ1n) is 7.16. The molecule has 0 radical (unpaired) electrons. The number of benzene rings is 1. The maximum absolute atomic E-state index is 11.5. The van der Waals surface area contributed by atoms with Crippen LogP contribution in [0.4, 0.5) is 0 Å². The fourth-order valence-corrected chi connectivity index (χ4v) is 3.57. The first kappa shape index (κ1) is 16.0. The fraction of sp³-hybridized carbons (Fsp3) is 0.533. The monoisotopic (exact) mass is 311 g/mol. The molecular formula is C15H21NO4S. The lowest BCUT2D eigenvalue weighted by atomic mass is 9.90. The van der Waals surface area contributed by atoms with Gasteiger partial charge in [-0.25, -0.2) is 8.42 Å². The van der Waals surface area contributed by atoms with Crippen molar-refractivity contribution < 1.29 is 18.3 Å². The second-order valence-electron chi connectivity index (χ2n) is 5.41. The van der Waals surface area contributed by atoms with Crippen molar-refractivity contribution in [3.05, 3.63) is 35.4 Å². The summed E-state index contributed by atoms with van der Waals surface area (Å²) in [6.07, 6.45) is 0.546. The molecule has 116 valence electrons. The van der Waals surface area contributed by atoms with Gasteiger partial charge < -0.3 is 5.11 Å². The first-order valence-corrected chi connectivity index (χ1v) is 8.98. The van der Waals surface area contributed by atoms with Crippen LogP contribution in [0, 0.1) is 0 Å². The number of carbonyl (C=O) groups is 1. The van der Waals surface area contributed by atoms with E-state index in [1.807, 2.05) is 29.2 Å². The third-order valence-corrected chi connectivity index (χ3v) is 5.72. The van der Waals surface area contributed by atoms with Gasteiger partial charge in [-0.3, -0.25) is 9.69 Å². The maximum Gasteiger partial charge on any atom is 0.312 e. The van der Waals surface area contributed by atoms with Gasteiger partial charge in [0.05, 0.1) is 11.7 Å². The molecule has 6 heteroatoms. The van der Waals surface area contributed by atoms with Crippen molar-refractivity contribution in [1.82, 2.24) is 4.90 Å². The van der Waals surface area contributed by atoms with Crippen LogP contribution < -0.4 is 0 Å². The molecule has 0 amide bonds. The van der Waals surface area contributed by atoms with E-state index in [1.165, 1.54) is 0 Å². The second kappa shape index (κ2) is 6.58. The van der Waals surface area contributed by atoms with Gasteiger partial charge in [0.2, 0.25) is 0 Å². The number of hydrogen-bond donors (Lipinski definition) is 1. The summed E-state index contributed by atoms with van der Waals surface area (Å²) in [6, 6.07) is 7.58. The first-order chi connectivity index (χ1) is 9.93. The van der Waals surface area contributed by atoms with Crippen LogP contribution in [0.25, 0.3) is 0 Å². The predicted molar refractivity (Wildman–Crippen MR) is 81.0 cm³/mol. The molecule has 0 aromatic heterocycles. The standard InChI is InChI=1S/C15H21NO4S/c1-2-21(19,20)9-5-8-16-10-12-6-3-4-7-13(12)14(11-16)15(17)18/h3-4,6-7,14H,2,5,8-11H2,1H3,(H,17,18). The van der Waals surface area contributed by atoms with Crippen molar-refractivity contribution in [2.45, 2.75) is 25.8 Å². The molecule has 0 saturated heterocycles. The quantitative estimate of drug-likeness (QED) is 0.861. The minimum absolute atomic E-state index is 0.160. The Bertz CT molecular complexity index is 612. The van der Waals surface area contributed by atoms with E-state index in [1.54, 1.807) is 6.92 Å². The lowest BCUT2D eigenvalue weighted by molar-refractivity contribution is -0.139. The highest BCUT2D eigenvalue weighted by molar-refractivity contribution is 7.91. The van der Waals surface area contributed by atoms with Crippen LogP contribution in [0.3, 0.4) is 0 Å². The van der Waals surface area contributed by atoms with Gasteiger partial charge in [0.15, 0.2) is 0 Å². The number of nitrogens with zero attached hydrogens (tertiary/aromatic N) is 1. The third kappa shape index (κ3) is 4.04. The lowest BCUT2D eigenvalue weighted by Crippen LogP contribution is -2.37. The molecule has 5 nitrogen and oxygen atoms in total. The van der Waals surface area contributed by atoms with E-state index in [9.17, 15) is 18.3 Å². The minimum atomic E-state index is -2.95. The number of sulfone groups is 1. The van der Waals surface area contributed by atoms with E-state index >= 15 is 0 Å². The van der Waals surface area contributed by atoms with E-state index in [0.717, 1.165) is 11.1 Å². The zero-order valence-electron chi connectivity index (χ0n) is 12.2. The van der Waals surface area contributed by atoms with Gasteiger partial charge in [-0.15, -0.1) is 0 Å². The molecule has 21 heavy (non-hydrogen) atoms. The van der Waals surface area contributed by atoms with Gasteiger partial charge in [-0.1, -0.05) is 31.2 Å². The molecule has 1 aromatic rings. The molecule has 2 rings (SSSR count). The van der Waals surface area contributed by atoms with E-state index in [2.05, 4.69) is 0 Å². The summed E-state index contributed by atoms with van der Waals surface area (Å²) in [5.41, 5.74) is 1.90. The summed E-state index contributed by atoms with van der Waals surface area (Å²) < 4.78 is 23.0. The van der Waals surface area contributed by atoms with E-state index in [-0.39, 0.29) is 11.5 Å². The molecule has 1 heterocycles. The molecule has 1 N–H and O–H groups in total. The van der Waals surface area contributed by atoms with Crippen molar-refractivity contribution >= 4 is 15.8 Å². The fourth-order valence-electron chi connectivity index (χ4n) is 2.71. The highest BCUT2D eigenvalue weighted by Gasteiger charge is 2.29. The number of carboxylic acids is 1. The molecular weight excluding hydrogens is 290 g/mol. The van der Waals surface area contributed by atoms with Crippen molar-refractivity contribution in [2.75, 3.05) is 24.6 Å². The number of aliphatic carboxylic acids is 1. The number of fused-ring (bicyclic) bond motifs is 1. The SMILES string of the molecule is CCS(=O)(=O)CCCN1Cc2ccccc2C(C(=O)O)C1. The number of hydrogen-bond acceptors (Lipinski definition) is 4. The number of rotatable bonds is 6. The highest BCUT2D eigenvalue weighted by Crippen LogP contribution is 2.28. The van der Waals surface area contributed by atoms with Gasteiger partial charge in [-0.05, 0) is 24.1 Å². The molecule has 1 aromatic carbocycles. The highest BCUT2D eigenvalue weighted by atomic mass is 32.2. The van der Waals surface area contributed by atoms with E-state index < -0.39 is 21.7 Å². The zero-order chi connectivity index (χ0) is 15.5. The molecule has 0 saturated carbocycles. The van der Waals surface area contributed by atoms with Crippen LogP contribution in [0.5, 0.6) is 0 Å². The van der Waals surface area contributed by atoms with Crippen LogP contribution in [0.2, 0.25) is 0 Å². The van der Waals surface area contributed by atoms with Crippen molar-refractivity contribution in [3.8, 4) is 0 Å². The lowest BCUT2D eigenvalue weighted by Gasteiger charge is -2.32. The van der Waals surface area contributed by atoms with Gasteiger partial charge >= 0.3 is 5.97 Å². The Labute approximate surface area is 125 Å². The molecule has 1 aliphatic heterocycles. The Balaban J connectivity index is 2.03. The smallest absolute Gasteiger partial charge is 0.312 e. The summed E-state index contributed by atoms with van der Waals surface area (Å²) in [4.78, 5) is 13.5. The molecule has 0 bridgehead atoms. The van der Waals surface area contributed by atoms with Crippen LogP contribution in [-0.4, -0.2) is 49.0 Å². The molecule has 1 unspecified atom stereocenters. The van der Waals surface area contributed by atoms with Crippen LogP contribution in [-0.2, 0) is 21.2 Å². The summed E-state index contributed by atoms with van der Waals surface area (Å²) >= 11 is 0. The molecule has 0 spiro atoms. The van der Waals surface area contributed by atoms with Gasteiger partial charge in [0.1, 0.15) is 9.84 Å². The molecule has 0 fully saturated rings. The Morgan fingerprint density at radius 1 is 1.38 bits per heavy atom. The number of carboxylic acid groups (broad SMARTS) is 1. The van der Waals surface area contributed by atoms with Gasteiger partial charge in [-0.2, -0.15) is 0 Å². The van der Waals surface area contributed by atoms with Crippen LogP contribution in [0.15, 0.2) is 24.3 Å². The average Bonchev–Trinajstić information content (AvgIpc) is 2.46. The van der Waals surface area contributed by atoms with Gasteiger partial charge in [0.25, 0.3) is 0 Å². The second-order valence-corrected chi connectivity index (χ2v) is 7.89. The van der Waals surface area contributed by atoms with Crippen LogP contribution >= 0.6 is 0 Å². The average molecular weight is 311 g/mol. The Morgan fingerprint density at radius 3 is 2.76 bits per heavy atom. The minimum Gasteiger partial charge on any atom is -0.481 e. The van der Waals surface area contributed by atoms with Gasteiger partial charge in [0, 0.05) is 18.8 Å². The van der Waals surface area contributed by atoms with Crippen LogP contribution in [0.1, 0.15) is 30.4 Å². The summed E-state index contributed by atoms with van der Waals surface area (Å²) in [5.74, 6) is -1.03. The normalized spacial score (nSPS) is 19.2. The van der Waals surface area contributed by atoms with Crippen molar-refractivity contribution in [1.29, 1.82) is 0 Å². The summed E-state index contributed by atoms with van der Waals surface area (Å²) in [7, 11) is -2.95. The zero-order valence-corrected chi connectivity index (χ0v) is 13.0. The Morgan fingerprint density at radius 2 is 2.10 bits per heavy atom. The summed E-state index contributed by atoms with van der Waals surface area (Å²) in [5, 5.41) is 9.37. The molecule has 0 aliphatic carbocycles. The molecule has 1 atom stereocenters. The molecule has 1 aliphatic rings. The third-order valence-electron chi connectivity index (χ3n) is 3.93. The topological polar surface area (TPSA) is 74.7 Å². The predicted octanol–water partition coefficient (Wildman–Crippen LogP) is 1.50. The largest absolute Gasteiger partial charge is 0.481 e. The maximum atomic E-state index is 11.5. The Kier molecular flexibility index (Phi) is 5.00. The van der Waals surface area contributed by atoms with E-state index in [0.29, 0.717) is 26.1 Å². The Hall–Kier alpha value is -1.40. The van der Waals surface area contributed by atoms with E-state index in [4.69, 9.17) is 0 Å². The van der Waals surface area contributed by atoms with Crippen molar-refractivity contribution in [3.63, 3.8) is 0 Å².